The predicted octanol–water partition coefficient (Wildman–Crippen LogP) is 4.28. The zero-order valence-electron chi connectivity index (χ0n) is 18.7. The summed E-state index contributed by atoms with van der Waals surface area (Å²) in [5.74, 6) is 1.22. The fourth-order valence-corrected chi connectivity index (χ4v) is 3.37. The zero-order valence-corrected chi connectivity index (χ0v) is 18.7. The van der Waals surface area contributed by atoms with Gasteiger partial charge in [0.15, 0.2) is 5.76 Å². The molecule has 2 aromatic heterocycles. The van der Waals surface area contributed by atoms with Crippen molar-refractivity contribution in [2.45, 2.75) is 33.4 Å². The lowest BCUT2D eigenvalue weighted by molar-refractivity contribution is -0.133. The molecule has 0 N–H and O–H groups in total. The second-order valence-corrected chi connectivity index (χ2v) is 7.50. The van der Waals surface area contributed by atoms with Gasteiger partial charge in [-0.25, -0.2) is 0 Å². The molecule has 7 nitrogen and oxygen atoms in total. The molecule has 170 valence electrons. The largest absolute Gasteiger partial charge is 0.464 e. The molecule has 2 amide bonds. The summed E-state index contributed by atoms with van der Waals surface area (Å²) in [7, 11) is 0. The maximum atomic E-state index is 13.4. The maximum Gasteiger partial charge on any atom is 0.290 e. The van der Waals surface area contributed by atoms with E-state index >= 15 is 0 Å². The van der Waals surface area contributed by atoms with Crippen molar-refractivity contribution in [3.8, 4) is 0 Å². The van der Waals surface area contributed by atoms with Crippen LogP contribution in [0.3, 0.4) is 0 Å². The van der Waals surface area contributed by atoms with Gasteiger partial charge in [0.25, 0.3) is 5.91 Å². The number of hydrogen-bond acceptors (Lipinski definition) is 5. The molecule has 0 saturated heterocycles. The molecule has 0 unspecified atom stereocenters. The van der Waals surface area contributed by atoms with Crippen LogP contribution in [0.25, 0.3) is 0 Å². The van der Waals surface area contributed by atoms with Gasteiger partial charge in [-0.2, -0.15) is 0 Å². The van der Waals surface area contributed by atoms with Crippen molar-refractivity contribution in [1.82, 2.24) is 9.80 Å². The first-order valence-corrected chi connectivity index (χ1v) is 10.8. The second kappa shape index (κ2) is 11.9. The molecule has 0 bridgehead atoms. The third kappa shape index (κ3) is 6.85. The van der Waals surface area contributed by atoms with Gasteiger partial charge in [-0.05, 0) is 50.1 Å². The van der Waals surface area contributed by atoms with E-state index in [1.54, 1.807) is 17.0 Å². The Labute approximate surface area is 188 Å². The van der Waals surface area contributed by atoms with Crippen LogP contribution in [0.15, 0.2) is 69.7 Å². The molecule has 2 heterocycles. The van der Waals surface area contributed by atoms with Crippen LogP contribution in [0.2, 0.25) is 0 Å². The average molecular weight is 439 g/mol. The zero-order chi connectivity index (χ0) is 22.8. The average Bonchev–Trinajstić information content (AvgIpc) is 3.47. The lowest BCUT2D eigenvalue weighted by atomic mass is 10.2. The predicted molar refractivity (Wildman–Crippen MR) is 120 cm³/mol. The molecule has 0 atom stereocenters. The molecular weight excluding hydrogens is 408 g/mol. The summed E-state index contributed by atoms with van der Waals surface area (Å²) in [5.41, 5.74) is 1.00. The third-order valence-electron chi connectivity index (χ3n) is 4.98. The minimum atomic E-state index is -0.312. The number of amides is 2. The Bertz CT molecular complexity index is 965. The van der Waals surface area contributed by atoms with E-state index in [1.165, 1.54) is 11.2 Å². The highest BCUT2D eigenvalue weighted by molar-refractivity contribution is 5.94. The number of carbonyl (C=O) groups is 2. The lowest BCUT2D eigenvalue weighted by Gasteiger charge is -2.27. The first-order chi connectivity index (χ1) is 15.6. The molecule has 0 aliphatic carbocycles. The summed E-state index contributed by atoms with van der Waals surface area (Å²) in [6.07, 6.45) is 2.08. The van der Waals surface area contributed by atoms with Gasteiger partial charge in [0, 0.05) is 26.3 Å². The van der Waals surface area contributed by atoms with Crippen LogP contribution in [0, 0.1) is 6.92 Å². The Hall–Kier alpha value is -3.32. The van der Waals surface area contributed by atoms with Crippen molar-refractivity contribution in [2.75, 3.05) is 26.3 Å². The van der Waals surface area contributed by atoms with E-state index in [-0.39, 0.29) is 24.1 Å². The third-order valence-corrected chi connectivity index (χ3v) is 4.98. The van der Waals surface area contributed by atoms with Gasteiger partial charge in [0.2, 0.25) is 5.91 Å². The number of furan rings is 2. The molecule has 0 spiro atoms. The smallest absolute Gasteiger partial charge is 0.290 e. The van der Waals surface area contributed by atoms with Crippen molar-refractivity contribution in [3.05, 3.63) is 83.7 Å². The van der Waals surface area contributed by atoms with Crippen LogP contribution < -0.4 is 0 Å². The summed E-state index contributed by atoms with van der Waals surface area (Å²) in [4.78, 5) is 29.5. The van der Waals surface area contributed by atoms with Gasteiger partial charge in [0.05, 0.1) is 12.8 Å². The van der Waals surface area contributed by atoms with Crippen LogP contribution in [-0.2, 0) is 22.6 Å². The Kier molecular flexibility index (Phi) is 8.69. The van der Waals surface area contributed by atoms with E-state index in [0.29, 0.717) is 45.0 Å². The summed E-state index contributed by atoms with van der Waals surface area (Å²) >= 11 is 0. The summed E-state index contributed by atoms with van der Waals surface area (Å²) in [6.45, 7) is 6.00. The van der Waals surface area contributed by atoms with Gasteiger partial charge < -0.3 is 23.4 Å². The number of benzene rings is 1. The van der Waals surface area contributed by atoms with Crippen LogP contribution in [-0.4, -0.2) is 47.9 Å². The number of hydrogen-bond donors (Lipinski definition) is 0. The van der Waals surface area contributed by atoms with E-state index in [9.17, 15) is 9.59 Å². The fraction of sp³-hybridized carbons (Fsp3) is 0.360. The summed E-state index contributed by atoms with van der Waals surface area (Å²) in [5, 5.41) is 0. The first-order valence-electron chi connectivity index (χ1n) is 10.8. The number of rotatable bonds is 12. The molecular formula is C25H30N2O5. The van der Waals surface area contributed by atoms with Crippen molar-refractivity contribution < 1.29 is 23.2 Å². The second-order valence-electron chi connectivity index (χ2n) is 7.50. The van der Waals surface area contributed by atoms with E-state index < -0.39 is 0 Å². The monoisotopic (exact) mass is 438 g/mol. The first kappa shape index (κ1) is 23.3. The fourth-order valence-electron chi connectivity index (χ4n) is 3.37. The molecule has 3 aromatic rings. The van der Waals surface area contributed by atoms with Gasteiger partial charge >= 0.3 is 0 Å². The molecule has 7 heteroatoms. The number of carbonyl (C=O) groups excluding carboxylic acids is 2. The van der Waals surface area contributed by atoms with Gasteiger partial charge in [0.1, 0.15) is 18.1 Å². The standard InChI is InChI=1S/C25H30N2O5/c1-3-30-15-8-14-26(25(29)23-11-7-16-31-23)19-24(28)27(17-21-9-5-4-6-10-21)18-22-13-12-20(2)32-22/h4-7,9-13,16H,3,8,14-15,17-19H2,1-2H3. The molecule has 0 aliphatic heterocycles. The van der Waals surface area contributed by atoms with Crippen LogP contribution >= 0.6 is 0 Å². The van der Waals surface area contributed by atoms with Crippen molar-refractivity contribution >= 4 is 11.8 Å². The van der Waals surface area contributed by atoms with Crippen LogP contribution in [0.1, 0.15) is 41.0 Å². The highest BCUT2D eigenvalue weighted by Gasteiger charge is 2.24. The Morgan fingerprint density at radius 3 is 2.44 bits per heavy atom. The summed E-state index contributed by atoms with van der Waals surface area (Å²) < 4.78 is 16.4. The van der Waals surface area contributed by atoms with E-state index in [4.69, 9.17) is 13.6 Å². The van der Waals surface area contributed by atoms with Crippen molar-refractivity contribution in [3.63, 3.8) is 0 Å². The Morgan fingerprint density at radius 1 is 0.969 bits per heavy atom. The van der Waals surface area contributed by atoms with Crippen LogP contribution in [0.4, 0.5) is 0 Å². The molecule has 0 saturated carbocycles. The minimum absolute atomic E-state index is 0.0574. The Balaban J connectivity index is 1.75. The topological polar surface area (TPSA) is 76.1 Å². The van der Waals surface area contributed by atoms with Gasteiger partial charge in [-0.3, -0.25) is 9.59 Å². The van der Waals surface area contributed by atoms with Crippen molar-refractivity contribution in [1.29, 1.82) is 0 Å². The van der Waals surface area contributed by atoms with Crippen LogP contribution in [0.5, 0.6) is 0 Å². The minimum Gasteiger partial charge on any atom is -0.464 e. The number of ether oxygens (including phenoxy) is 1. The Morgan fingerprint density at radius 2 is 1.78 bits per heavy atom. The molecule has 3 rings (SSSR count). The maximum absolute atomic E-state index is 13.4. The normalized spacial score (nSPS) is 10.8. The van der Waals surface area contributed by atoms with E-state index in [1.807, 2.05) is 56.3 Å². The molecule has 0 radical (unpaired) electrons. The highest BCUT2D eigenvalue weighted by Crippen LogP contribution is 2.15. The summed E-state index contributed by atoms with van der Waals surface area (Å²) in [6, 6.07) is 16.8. The molecule has 0 aliphatic rings. The highest BCUT2D eigenvalue weighted by atomic mass is 16.5. The van der Waals surface area contributed by atoms with E-state index in [0.717, 1.165) is 11.3 Å². The number of aryl methyl sites for hydroxylation is 1. The molecule has 1 aromatic carbocycles. The van der Waals surface area contributed by atoms with Gasteiger partial charge in [-0.1, -0.05) is 30.3 Å². The van der Waals surface area contributed by atoms with Crippen molar-refractivity contribution in [2.24, 2.45) is 0 Å². The molecule has 32 heavy (non-hydrogen) atoms. The van der Waals surface area contributed by atoms with Gasteiger partial charge in [-0.15, -0.1) is 0 Å². The quantitative estimate of drug-likeness (QED) is 0.395. The number of nitrogens with zero attached hydrogens (tertiary/aromatic N) is 2. The SMILES string of the molecule is CCOCCCN(CC(=O)N(Cc1ccccc1)Cc1ccc(C)o1)C(=O)c1ccco1. The molecule has 0 fully saturated rings. The lowest BCUT2D eigenvalue weighted by Crippen LogP contribution is -2.43. The van der Waals surface area contributed by atoms with E-state index in [2.05, 4.69) is 0 Å².